The topological polar surface area (TPSA) is 79.5 Å². The molecule has 3 rings (SSSR count). The van der Waals surface area contributed by atoms with E-state index >= 15 is 0 Å². The maximum Gasteiger partial charge on any atom is 0.145 e. The van der Waals surface area contributed by atoms with E-state index in [0.717, 1.165) is 57.5 Å². The summed E-state index contributed by atoms with van der Waals surface area (Å²) in [6, 6.07) is 2.50. The molecular weight excluding hydrogens is 268 g/mol. The molecule has 3 heterocycles. The SMILES string of the molecule is Cc1cc(NN)nc(CN2CCC(N3CCOCC3)C2)n1. The Balaban J connectivity index is 1.58. The van der Waals surface area contributed by atoms with E-state index in [2.05, 4.69) is 25.2 Å². The highest BCUT2D eigenvalue weighted by Gasteiger charge is 2.29. The second kappa shape index (κ2) is 6.65. The lowest BCUT2D eigenvalue weighted by Gasteiger charge is -2.32. The Morgan fingerprint density at radius 1 is 1.33 bits per heavy atom. The van der Waals surface area contributed by atoms with E-state index < -0.39 is 0 Å². The highest BCUT2D eigenvalue weighted by Crippen LogP contribution is 2.18. The maximum atomic E-state index is 5.44. The number of nitrogens with zero attached hydrogens (tertiary/aromatic N) is 4. The van der Waals surface area contributed by atoms with Gasteiger partial charge in [-0.1, -0.05) is 0 Å². The average Bonchev–Trinajstić information content (AvgIpc) is 2.96. The van der Waals surface area contributed by atoms with Crippen LogP contribution in [0.15, 0.2) is 6.07 Å². The number of likely N-dealkylation sites (tertiary alicyclic amines) is 1. The van der Waals surface area contributed by atoms with Gasteiger partial charge in [-0.15, -0.1) is 0 Å². The molecule has 0 saturated carbocycles. The number of nitrogens with two attached hydrogens (primary N) is 1. The van der Waals surface area contributed by atoms with Gasteiger partial charge in [-0.2, -0.15) is 0 Å². The second-order valence-electron chi connectivity index (χ2n) is 5.78. The van der Waals surface area contributed by atoms with Crippen LogP contribution in [0.5, 0.6) is 0 Å². The van der Waals surface area contributed by atoms with E-state index in [-0.39, 0.29) is 0 Å². The molecule has 1 unspecified atom stereocenters. The van der Waals surface area contributed by atoms with Crippen molar-refractivity contribution in [1.82, 2.24) is 19.8 Å². The summed E-state index contributed by atoms with van der Waals surface area (Å²) < 4.78 is 5.43. The van der Waals surface area contributed by atoms with Crippen LogP contribution in [0.4, 0.5) is 5.82 Å². The number of ether oxygens (including phenoxy) is 1. The molecule has 1 atom stereocenters. The molecule has 2 saturated heterocycles. The predicted molar refractivity (Wildman–Crippen MR) is 80.7 cm³/mol. The van der Waals surface area contributed by atoms with Gasteiger partial charge in [0.25, 0.3) is 0 Å². The number of nitrogens with one attached hydrogen (secondary N) is 1. The Bertz CT molecular complexity index is 477. The van der Waals surface area contributed by atoms with Crippen molar-refractivity contribution in [2.75, 3.05) is 44.8 Å². The van der Waals surface area contributed by atoms with Gasteiger partial charge in [0.1, 0.15) is 11.6 Å². The lowest BCUT2D eigenvalue weighted by atomic mass is 10.2. The first-order chi connectivity index (χ1) is 10.2. The molecule has 2 fully saturated rings. The Morgan fingerprint density at radius 3 is 2.90 bits per heavy atom. The van der Waals surface area contributed by atoms with Crippen LogP contribution in [0.1, 0.15) is 17.9 Å². The van der Waals surface area contributed by atoms with Gasteiger partial charge in [-0.05, 0) is 13.3 Å². The van der Waals surface area contributed by atoms with Crippen molar-refractivity contribution in [3.63, 3.8) is 0 Å². The van der Waals surface area contributed by atoms with Crippen LogP contribution in [0, 0.1) is 6.92 Å². The molecule has 2 aliphatic heterocycles. The van der Waals surface area contributed by atoms with Crippen LogP contribution < -0.4 is 11.3 Å². The predicted octanol–water partition coefficient (Wildman–Crippen LogP) is -0.0229. The quantitative estimate of drug-likeness (QED) is 0.596. The number of nitrogen functional groups attached to an aromatic ring is 1. The number of hydrogen-bond acceptors (Lipinski definition) is 7. The third kappa shape index (κ3) is 3.68. The fourth-order valence-electron chi connectivity index (χ4n) is 3.17. The number of hydrogen-bond donors (Lipinski definition) is 2. The minimum Gasteiger partial charge on any atom is -0.379 e. The van der Waals surface area contributed by atoms with E-state index in [4.69, 9.17) is 10.6 Å². The molecule has 1 aromatic rings. The van der Waals surface area contributed by atoms with Crippen LogP contribution in [0.3, 0.4) is 0 Å². The number of hydrazine groups is 1. The number of anilines is 1. The molecule has 0 aliphatic carbocycles. The fraction of sp³-hybridized carbons (Fsp3) is 0.714. The summed E-state index contributed by atoms with van der Waals surface area (Å²) in [7, 11) is 0. The van der Waals surface area contributed by atoms with E-state index in [1.54, 1.807) is 0 Å². The summed E-state index contributed by atoms with van der Waals surface area (Å²) >= 11 is 0. The monoisotopic (exact) mass is 292 g/mol. The molecule has 0 spiro atoms. The highest BCUT2D eigenvalue weighted by atomic mass is 16.5. The number of rotatable bonds is 4. The van der Waals surface area contributed by atoms with Crippen LogP contribution in [0.25, 0.3) is 0 Å². The smallest absolute Gasteiger partial charge is 0.145 e. The fourth-order valence-corrected chi connectivity index (χ4v) is 3.17. The number of aromatic nitrogens is 2. The zero-order chi connectivity index (χ0) is 14.7. The number of morpholine rings is 1. The van der Waals surface area contributed by atoms with Gasteiger partial charge in [0.05, 0.1) is 19.8 Å². The molecular formula is C14H24N6O. The number of aryl methyl sites for hydroxylation is 1. The molecule has 0 bridgehead atoms. The molecule has 0 aromatic carbocycles. The minimum absolute atomic E-state index is 0.644. The maximum absolute atomic E-state index is 5.44. The van der Waals surface area contributed by atoms with Crippen LogP contribution in [0.2, 0.25) is 0 Å². The van der Waals surface area contributed by atoms with E-state index in [1.165, 1.54) is 6.42 Å². The summed E-state index contributed by atoms with van der Waals surface area (Å²) in [6.07, 6.45) is 1.22. The average molecular weight is 292 g/mol. The van der Waals surface area contributed by atoms with Crippen molar-refractivity contribution >= 4 is 5.82 Å². The Kier molecular flexibility index (Phi) is 4.64. The van der Waals surface area contributed by atoms with Crippen LogP contribution in [-0.2, 0) is 11.3 Å². The molecule has 21 heavy (non-hydrogen) atoms. The van der Waals surface area contributed by atoms with Crippen molar-refractivity contribution in [2.24, 2.45) is 5.84 Å². The van der Waals surface area contributed by atoms with E-state index in [9.17, 15) is 0 Å². The van der Waals surface area contributed by atoms with E-state index in [0.29, 0.717) is 11.9 Å². The molecule has 0 amide bonds. The van der Waals surface area contributed by atoms with Crippen molar-refractivity contribution < 1.29 is 4.74 Å². The van der Waals surface area contributed by atoms with Crippen molar-refractivity contribution in [3.05, 3.63) is 17.6 Å². The summed E-state index contributed by atoms with van der Waals surface area (Å²) in [6.45, 7) is 8.78. The Morgan fingerprint density at radius 2 is 2.14 bits per heavy atom. The van der Waals surface area contributed by atoms with Gasteiger partial charge in [0, 0.05) is 44.0 Å². The molecule has 7 heteroatoms. The first kappa shape index (κ1) is 14.6. The Hall–Kier alpha value is -1.28. The van der Waals surface area contributed by atoms with Gasteiger partial charge in [0.15, 0.2) is 0 Å². The standard InChI is InChI=1S/C14H24N6O/c1-11-8-13(18-15)17-14(16-11)10-19-3-2-12(9-19)20-4-6-21-7-5-20/h8,12H,2-7,9-10,15H2,1H3,(H,16,17,18). The van der Waals surface area contributed by atoms with Crippen molar-refractivity contribution in [2.45, 2.75) is 25.9 Å². The summed E-state index contributed by atoms with van der Waals surface area (Å²) in [5, 5.41) is 0. The minimum atomic E-state index is 0.644. The van der Waals surface area contributed by atoms with Gasteiger partial charge >= 0.3 is 0 Å². The Labute approximate surface area is 125 Å². The summed E-state index contributed by atoms with van der Waals surface area (Å²) in [4.78, 5) is 13.9. The molecule has 116 valence electrons. The lowest BCUT2D eigenvalue weighted by Crippen LogP contribution is -2.44. The third-order valence-corrected chi connectivity index (χ3v) is 4.22. The van der Waals surface area contributed by atoms with Gasteiger partial charge in [-0.25, -0.2) is 15.8 Å². The van der Waals surface area contributed by atoms with Gasteiger partial charge in [0.2, 0.25) is 0 Å². The molecule has 2 aliphatic rings. The lowest BCUT2D eigenvalue weighted by molar-refractivity contribution is 0.0183. The van der Waals surface area contributed by atoms with E-state index in [1.807, 2.05) is 13.0 Å². The largest absolute Gasteiger partial charge is 0.379 e. The molecule has 1 aromatic heterocycles. The second-order valence-corrected chi connectivity index (χ2v) is 5.78. The zero-order valence-corrected chi connectivity index (χ0v) is 12.6. The van der Waals surface area contributed by atoms with Crippen LogP contribution >= 0.6 is 0 Å². The normalized spacial score (nSPS) is 24.4. The molecule has 3 N–H and O–H groups in total. The summed E-state index contributed by atoms with van der Waals surface area (Å²) in [5.41, 5.74) is 3.54. The highest BCUT2D eigenvalue weighted by molar-refractivity contribution is 5.33. The van der Waals surface area contributed by atoms with Crippen molar-refractivity contribution in [3.8, 4) is 0 Å². The molecule has 7 nitrogen and oxygen atoms in total. The first-order valence-electron chi connectivity index (χ1n) is 7.60. The molecule has 0 radical (unpaired) electrons. The summed E-state index contributed by atoms with van der Waals surface area (Å²) in [5.74, 6) is 6.96. The van der Waals surface area contributed by atoms with Crippen molar-refractivity contribution in [1.29, 1.82) is 0 Å². The van der Waals surface area contributed by atoms with Gasteiger partial charge in [-0.3, -0.25) is 9.80 Å². The zero-order valence-electron chi connectivity index (χ0n) is 12.6. The van der Waals surface area contributed by atoms with Gasteiger partial charge < -0.3 is 10.2 Å². The first-order valence-corrected chi connectivity index (χ1v) is 7.60. The van der Waals surface area contributed by atoms with Crippen LogP contribution in [-0.4, -0.2) is 65.2 Å². The third-order valence-electron chi connectivity index (χ3n) is 4.22.